The molecule has 0 spiro atoms. The smallest absolute Gasteiger partial charge is 0.260 e. The highest BCUT2D eigenvalue weighted by Crippen LogP contribution is 2.20. The maximum atomic E-state index is 11.9. The molecule has 0 radical (unpaired) electrons. The standard InChI is InChI=1S/C12H15N5OS/c1-3-15-8(2)10-6-19-12(16-10)17-11(18)9-4-13-7-14-5-9/h4-8,15H,3H2,1-2H3,(H,16,17,18). The van der Waals surface area contributed by atoms with Crippen molar-refractivity contribution in [2.45, 2.75) is 19.9 Å². The molecule has 2 aromatic heterocycles. The number of amides is 1. The van der Waals surface area contributed by atoms with E-state index in [0.29, 0.717) is 10.7 Å². The minimum absolute atomic E-state index is 0.173. The van der Waals surface area contributed by atoms with Gasteiger partial charge in [-0.05, 0) is 13.5 Å². The number of aromatic nitrogens is 3. The SMILES string of the molecule is CCNC(C)c1csc(NC(=O)c2cncnc2)n1. The number of hydrogen-bond donors (Lipinski definition) is 2. The third-order valence-corrected chi connectivity index (χ3v) is 3.30. The monoisotopic (exact) mass is 277 g/mol. The lowest BCUT2D eigenvalue weighted by atomic mass is 10.3. The van der Waals surface area contributed by atoms with Gasteiger partial charge in [0, 0.05) is 23.8 Å². The molecule has 0 saturated carbocycles. The first-order valence-corrected chi connectivity index (χ1v) is 6.83. The highest BCUT2D eigenvalue weighted by Gasteiger charge is 2.12. The van der Waals surface area contributed by atoms with Gasteiger partial charge in [0.25, 0.3) is 5.91 Å². The Morgan fingerprint density at radius 1 is 1.42 bits per heavy atom. The van der Waals surface area contributed by atoms with Crippen LogP contribution in [0, 0.1) is 0 Å². The third kappa shape index (κ3) is 3.55. The minimum Gasteiger partial charge on any atom is -0.309 e. The molecule has 0 aliphatic rings. The van der Waals surface area contributed by atoms with Gasteiger partial charge in [0.15, 0.2) is 5.13 Å². The predicted octanol–water partition coefficient (Wildman–Crippen LogP) is 1.86. The fraction of sp³-hybridized carbons (Fsp3) is 0.333. The van der Waals surface area contributed by atoms with Gasteiger partial charge in [0.05, 0.1) is 11.3 Å². The Bertz CT molecular complexity index is 542. The maximum absolute atomic E-state index is 11.9. The molecule has 0 fully saturated rings. The van der Waals surface area contributed by atoms with Gasteiger partial charge in [-0.25, -0.2) is 15.0 Å². The molecule has 19 heavy (non-hydrogen) atoms. The Hall–Kier alpha value is -1.86. The number of hydrogen-bond acceptors (Lipinski definition) is 6. The van der Waals surface area contributed by atoms with Gasteiger partial charge in [0.2, 0.25) is 0 Å². The molecule has 2 heterocycles. The molecule has 7 heteroatoms. The first-order valence-electron chi connectivity index (χ1n) is 5.96. The van der Waals surface area contributed by atoms with E-state index >= 15 is 0 Å². The molecule has 0 aliphatic heterocycles. The summed E-state index contributed by atoms with van der Waals surface area (Å²) in [7, 11) is 0. The molecule has 1 unspecified atom stereocenters. The lowest BCUT2D eigenvalue weighted by Crippen LogP contribution is -2.18. The number of carbonyl (C=O) groups is 1. The van der Waals surface area contributed by atoms with Crippen LogP contribution in [0.15, 0.2) is 24.1 Å². The number of thiazole rings is 1. The first-order chi connectivity index (χ1) is 9.20. The summed E-state index contributed by atoms with van der Waals surface area (Å²) in [6.45, 7) is 4.96. The number of nitrogens with one attached hydrogen (secondary N) is 2. The van der Waals surface area contributed by atoms with Crippen molar-refractivity contribution in [2.75, 3.05) is 11.9 Å². The van der Waals surface area contributed by atoms with Crippen molar-refractivity contribution >= 4 is 22.4 Å². The van der Waals surface area contributed by atoms with Crippen molar-refractivity contribution in [1.29, 1.82) is 0 Å². The van der Waals surface area contributed by atoms with Gasteiger partial charge in [-0.2, -0.15) is 0 Å². The van der Waals surface area contributed by atoms with Gasteiger partial charge < -0.3 is 5.32 Å². The molecule has 0 saturated heterocycles. The summed E-state index contributed by atoms with van der Waals surface area (Å²) >= 11 is 1.40. The van der Waals surface area contributed by atoms with E-state index in [-0.39, 0.29) is 11.9 Å². The lowest BCUT2D eigenvalue weighted by Gasteiger charge is -2.08. The average Bonchev–Trinajstić information content (AvgIpc) is 2.88. The fourth-order valence-corrected chi connectivity index (χ4v) is 2.34. The van der Waals surface area contributed by atoms with E-state index in [1.54, 1.807) is 0 Å². The predicted molar refractivity (Wildman–Crippen MR) is 74.2 cm³/mol. The molecule has 2 aromatic rings. The minimum atomic E-state index is -0.252. The summed E-state index contributed by atoms with van der Waals surface area (Å²) in [5.74, 6) is -0.252. The zero-order valence-corrected chi connectivity index (χ0v) is 11.6. The van der Waals surface area contributed by atoms with Crippen LogP contribution in [0.5, 0.6) is 0 Å². The molecule has 1 atom stereocenters. The Morgan fingerprint density at radius 3 is 2.84 bits per heavy atom. The van der Waals surface area contributed by atoms with Crippen LogP contribution < -0.4 is 10.6 Å². The molecule has 100 valence electrons. The van der Waals surface area contributed by atoms with Gasteiger partial charge in [0.1, 0.15) is 6.33 Å². The van der Waals surface area contributed by atoms with Gasteiger partial charge >= 0.3 is 0 Å². The summed E-state index contributed by atoms with van der Waals surface area (Å²) < 4.78 is 0. The lowest BCUT2D eigenvalue weighted by molar-refractivity contribution is 0.102. The molecule has 0 bridgehead atoms. The molecule has 0 aromatic carbocycles. The number of nitrogens with zero attached hydrogens (tertiary/aromatic N) is 3. The van der Waals surface area contributed by atoms with Crippen molar-refractivity contribution in [3.8, 4) is 0 Å². The maximum Gasteiger partial charge on any atom is 0.260 e. The molecule has 1 amide bonds. The van der Waals surface area contributed by atoms with Crippen LogP contribution in [0.2, 0.25) is 0 Å². The van der Waals surface area contributed by atoms with E-state index in [1.807, 2.05) is 19.2 Å². The molecule has 6 nitrogen and oxygen atoms in total. The highest BCUT2D eigenvalue weighted by molar-refractivity contribution is 7.14. The molecular formula is C12H15N5OS. The number of anilines is 1. The van der Waals surface area contributed by atoms with Crippen LogP contribution >= 0.6 is 11.3 Å². The second-order valence-electron chi connectivity index (χ2n) is 3.94. The van der Waals surface area contributed by atoms with Crippen molar-refractivity contribution < 1.29 is 4.79 Å². The second-order valence-corrected chi connectivity index (χ2v) is 4.80. The largest absolute Gasteiger partial charge is 0.309 e. The summed E-state index contributed by atoms with van der Waals surface area (Å²) in [6.07, 6.45) is 4.33. The van der Waals surface area contributed by atoms with Crippen molar-refractivity contribution in [1.82, 2.24) is 20.3 Å². The Balaban J connectivity index is 2.02. The summed E-state index contributed by atoms with van der Waals surface area (Å²) in [6, 6.07) is 0.173. The van der Waals surface area contributed by atoms with Crippen LogP contribution in [0.25, 0.3) is 0 Å². The summed E-state index contributed by atoms with van der Waals surface area (Å²) in [5, 5.41) is 8.52. The molecular weight excluding hydrogens is 262 g/mol. The highest BCUT2D eigenvalue weighted by atomic mass is 32.1. The number of rotatable bonds is 5. The fourth-order valence-electron chi connectivity index (χ4n) is 1.54. The van der Waals surface area contributed by atoms with Crippen molar-refractivity contribution in [3.63, 3.8) is 0 Å². The zero-order chi connectivity index (χ0) is 13.7. The number of carbonyl (C=O) groups excluding carboxylic acids is 1. The third-order valence-electron chi connectivity index (χ3n) is 2.52. The normalized spacial score (nSPS) is 12.1. The first kappa shape index (κ1) is 13.6. The van der Waals surface area contributed by atoms with Crippen LogP contribution in [-0.4, -0.2) is 27.4 Å². The molecule has 2 rings (SSSR count). The molecule has 0 aliphatic carbocycles. The summed E-state index contributed by atoms with van der Waals surface area (Å²) in [4.78, 5) is 23.9. The Morgan fingerprint density at radius 2 is 2.16 bits per heavy atom. The second kappa shape index (κ2) is 6.35. The van der Waals surface area contributed by atoms with Crippen molar-refractivity contribution in [3.05, 3.63) is 35.4 Å². The Kier molecular flexibility index (Phi) is 4.53. The van der Waals surface area contributed by atoms with Crippen molar-refractivity contribution in [2.24, 2.45) is 0 Å². The van der Waals surface area contributed by atoms with E-state index in [1.165, 1.54) is 30.1 Å². The Labute approximate surface area is 115 Å². The quantitative estimate of drug-likeness (QED) is 0.872. The van der Waals surface area contributed by atoms with Crippen LogP contribution in [0.4, 0.5) is 5.13 Å². The summed E-state index contributed by atoms with van der Waals surface area (Å²) in [5.41, 5.74) is 1.34. The van der Waals surface area contributed by atoms with E-state index in [0.717, 1.165) is 12.2 Å². The van der Waals surface area contributed by atoms with Crippen LogP contribution in [0.1, 0.15) is 35.9 Å². The van der Waals surface area contributed by atoms with Gasteiger partial charge in [-0.3, -0.25) is 10.1 Å². The van der Waals surface area contributed by atoms with Gasteiger partial charge in [-0.1, -0.05) is 6.92 Å². The average molecular weight is 277 g/mol. The zero-order valence-electron chi connectivity index (χ0n) is 10.8. The molecule has 2 N–H and O–H groups in total. The van der Waals surface area contributed by atoms with E-state index in [9.17, 15) is 4.79 Å². The van der Waals surface area contributed by atoms with Crippen LogP contribution in [0.3, 0.4) is 0 Å². The van der Waals surface area contributed by atoms with Crippen LogP contribution in [-0.2, 0) is 0 Å². The van der Waals surface area contributed by atoms with Gasteiger partial charge in [-0.15, -0.1) is 11.3 Å². The topological polar surface area (TPSA) is 79.8 Å². The van der Waals surface area contributed by atoms with E-state index in [2.05, 4.69) is 25.6 Å². The van der Waals surface area contributed by atoms with E-state index in [4.69, 9.17) is 0 Å². The van der Waals surface area contributed by atoms with E-state index < -0.39 is 0 Å².